The lowest BCUT2D eigenvalue weighted by Crippen LogP contribution is -2.31. The van der Waals surface area contributed by atoms with Gasteiger partial charge in [-0.25, -0.2) is 13.1 Å². The van der Waals surface area contributed by atoms with Crippen LogP contribution in [0, 0.1) is 0 Å². The van der Waals surface area contributed by atoms with Crippen LogP contribution in [0.5, 0.6) is 0 Å². The molecule has 1 heterocycles. The number of nitrogens with one attached hydrogen (secondary N) is 1. The number of alkyl halides is 1. The van der Waals surface area contributed by atoms with Gasteiger partial charge in [0.15, 0.2) is 0 Å². The van der Waals surface area contributed by atoms with Crippen molar-refractivity contribution >= 4 is 21.6 Å². The van der Waals surface area contributed by atoms with Crippen molar-refractivity contribution in [3.63, 3.8) is 0 Å². The van der Waals surface area contributed by atoms with Crippen molar-refractivity contribution in [2.45, 2.75) is 30.3 Å². The average Bonchev–Trinajstić information content (AvgIpc) is 2.91. The third-order valence-electron chi connectivity index (χ3n) is 3.14. The van der Waals surface area contributed by atoms with Crippen molar-refractivity contribution < 1.29 is 13.2 Å². The van der Waals surface area contributed by atoms with Gasteiger partial charge in [0.25, 0.3) is 0 Å². The number of benzene rings is 1. The summed E-state index contributed by atoms with van der Waals surface area (Å²) >= 11 is 5.64. The van der Waals surface area contributed by atoms with Gasteiger partial charge in [-0.2, -0.15) is 0 Å². The molecule has 19 heavy (non-hydrogen) atoms. The topological polar surface area (TPSA) is 55.4 Å². The van der Waals surface area contributed by atoms with E-state index in [4.69, 9.17) is 16.3 Å². The number of halogens is 1. The second kappa shape index (κ2) is 6.70. The molecule has 6 heteroatoms. The third-order valence-corrected chi connectivity index (χ3v) is 4.77. The second-order valence-electron chi connectivity index (χ2n) is 4.57. The van der Waals surface area contributed by atoms with E-state index in [1.807, 2.05) is 0 Å². The van der Waals surface area contributed by atoms with Crippen molar-refractivity contribution in [3.05, 3.63) is 29.8 Å². The molecule has 0 saturated carbocycles. The fourth-order valence-electron chi connectivity index (χ4n) is 2.04. The molecule has 106 valence electrons. The average molecular weight is 304 g/mol. The number of ether oxygens (including phenoxy) is 1. The van der Waals surface area contributed by atoms with Gasteiger partial charge in [-0.05, 0) is 37.0 Å². The molecule has 1 aromatic carbocycles. The first-order valence-corrected chi connectivity index (χ1v) is 8.40. The van der Waals surface area contributed by atoms with Gasteiger partial charge < -0.3 is 4.74 Å². The number of rotatable bonds is 6. The van der Waals surface area contributed by atoms with Crippen molar-refractivity contribution in [1.82, 2.24) is 4.72 Å². The fourth-order valence-corrected chi connectivity index (χ4v) is 3.32. The Kier molecular flexibility index (Phi) is 5.21. The van der Waals surface area contributed by atoms with E-state index in [2.05, 4.69) is 4.72 Å². The van der Waals surface area contributed by atoms with E-state index in [0.29, 0.717) is 12.4 Å². The van der Waals surface area contributed by atoms with Gasteiger partial charge in [-0.3, -0.25) is 0 Å². The summed E-state index contributed by atoms with van der Waals surface area (Å²) < 4.78 is 32.1. The summed E-state index contributed by atoms with van der Waals surface area (Å²) in [6.45, 7) is 1.06. The monoisotopic (exact) mass is 303 g/mol. The van der Waals surface area contributed by atoms with Crippen LogP contribution >= 0.6 is 11.6 Å². The van der Waals surface area contributed by atoms with Crippen molar-refractivity contribution in [2.75, 3.05) is 19.0 Å². The smallest absolute Gasteiger partial charge is 0.240 e. The van der Waals surface area contributed by atoms with E-state index in [0.717, 1.165) is 31.4 Å². The van der Waals surface area contributed by atoms with Gasteiger partial charge >= 0.3 is 0 Å². The lowest BCUT2D eigenvalue weighted by Gasteiger charge is -2.11. The molecule has 2 rings (SSSR count). The molecule has 0 bridgehead atoms. The zero-order valence-electron chi connectivity index (χ0n) is 10.6. The lowest BCUT2D eigenvalue weighted by atomic mass is 10.2. The molecule has 1 aromatic rings. The fraction of sp³-hybridized carbons (Fsp3) is 0.538. The van der Waals surface area contributed by atoms with E-state index >= 15 is 0 Å². The summed E-state index contributed by atoms with van der Waals surface area (Å²) in [5.41, 5.74) is 1.04. The zero-order chi connectivity index (χ0) is 13.7. The Morgan fingerprint density at radius 1 is 1.32 bits per heavy atom. The molecule has 0 spiro atoms. The maximum Gasteiger partial charge on any atom is 0.240 e. The number of aryl methyl sites for hydroxylation is 1. The minimum Gasteiger partial charge on any atom is -0.377 e. The largest absolute Gasteiger partial charge is 0.377 e. The van der Waals surface area contributed by atoms with Gasteiger partial charge in [0.05, 0.1) is 11.0 Å². The highest BCUT2D eigenvalue weighted by Crippen LogP contribution is 2.14. The van der Waals surface area contributed by atoms with E-state index in [1.165, 1.54) is 0 Å². The van der Waals surface area contributed by atoms with Crippen LogP contribution in [-0.4, -0.2) is 33.6 Å². The molecule has 1 unspecified atom stereocenters. The van der Waals surface area contributed by atoms with Gasteiger partial charge in [0.2, 0.25) is 10.0 Å². The Bertz CT molecular complexity index is 495. The molecular formula is C13H18ClNO3S. The molecule has 4 nitrogen and oxygen atoms in total. The van der Waals surface area contributed by atoms with Crippen molar-refractivity contribution in [1.29, 1.82) is 0 Å². The summed E-state index contributed by atoms with van der Waals surface area (Å²) in [7, 11) is -3.44. The first-order chi connectivity index (χ1) is 9.12. The second-order valence-corrected chi connectivity index (χ2v) is 6.71. The highest BCUT2D eigenvalue weighted by Gasteiger charge is 2.20. The summed E-state index contributed by atoms with van der Waals surface area (Å²) in [4.78, 5) is 0.281. The first kappa shape index (κ1) is 14.8. The quantitative estimate of drug-likeness (QED) is 0.817. The van der Waals surface area contributed by atoms with Gasteiger partial charge in [0.1, 0.15) is 0 Å². The Balaban J connectivity index is 1.97. The van der Waals surface area contributed by atoms with E-state index < -0.39 is 10.0 Å². The van der Waals surface area contributed by atoms with Crippen LogP contribution < -0.4 is 4.72 Å². The molecule has 1 N–H and O–H groups in total. The normalized spacial score (nSPS) is 19.7. The van der Waals surface area contributed by atoms with Crippen LogP contribution in [0.25, 0.3) is 0 Å². The Morgan fingerprint density at radius 3 is 2.63 bits per heavy atom. The Morgan fingerprint density at radius 2 is 2.05 bits per heavy atom. The van der Waals surface area contributed by atoms with Crippen LogP contribution in [0.1, 0.15) is 18.4 Å². The minimum absolute atomic E-state index is 0.00490. The molecule has 0 aromatic heterocycles. The van der Waals surface area contributed by atoms with E-state index in [1.54, 1.807) is 24.3 Å². The van der Waals surface area contributed by atoms with E-state index in [-0.39, 0.29) is 11.0 Å². The molecule has 0 radical (unpaired) electrons. The van der Waals surface area contributed by atoms with Crippen LogP contribution in [-0.2, 0) is 21.2 Å². The van der Waals surface area contributed by atoms with Crippen molar-refractivity contribution in [2.24, 2.45) is 0 Å². The SMILES string of the molecule is O=S(=O)(NCC1CCCO1)c1ccc(CCCl)cc1. The summed E-state index contributed by atoms with van der Waals surface area (Å²) in [6.07, 6.45) is 2.66. The van der Waals surface area contributed by atoms with Gasteiger partial charge in [0, 0.05) is 19.0 Å². The maximum absolute atomic E-state index is 12.1. The highest BCUT2D eigenvalue weighted by molar-refractivity contribution is 7.89. The molecule has 1 aliphatic heterocycles. The molecule has 1 saturated heterocycles. The highest BCUT2D eigenvalue weighted by atomic mass is 35.5. The maximum atomic E-state index is 12.1. The number of hydrogen-bond acceptors (Lipinski definition) is 3. The van der Waals surface area contributed by atoms with Crippen LogP contribution in [0.15, 0.2) is 29.2 Å². The third kappa shape index (κ3) is 4.18. The number of hydrogen-bond donors (Lipinski definition) is 1. The predicted molar refractivity (Wildman–Crippen MR) is 75.0 cm³/mol. The van der Waals surface area contributed by atoms with Crippen LogP contribution in [0.3, 0.4) is 0 Å². The van der Waals surface area contributed by atoms with E-state index in [9.17, 15) is 8.42 Å². The van der Waals surface area contributed by atoms with Crippen LogP contribution in [0.2, 0.25) is 0 Å². The molecule has 0 amide bonds. The molecule has 1 atom stereocenters. The van der Waals surface area contributed by atoms with Gasteiger partial charge in [-0.15, -0.1) is 11.6 Å². The molecule has 1 aliphatic rings. The van der Waals surface area contributed by atoms with Crippen LogP contribution in [0.4, 0.5) is 0 Å². The number of sulfonamides is 1. The first-order valence-electron chi connectivity index (χ1n) is 6.38. The summed E-state index contributed by atoms with van der Waals surface area (Å²) in [5, 5.41) is 0. The van der Waals surface area contributed by atoms with Crippen molar-refractivity contribution in [3.8, 4) is 0 Å². The Hall–Kier alpha value is -0.620. The molecular weight excluding hydrogens is 286 g/mol. The standard InChI is InChI=1S/C13H18ClNO3S/c14-8-7-11-3-5-13(6-4-11)19(16,17)15-10-12-2-1-9-18-12/h3-6,12,15H,1-2,7-10H2. The summed E-state index contributed by atoms with van der Waals surface area (Å²) in [5.74, 6) is 0.531. The van der Waals surface area contributed by atoms with Gasteiger partial charge in [-0.1, -0.05) is 12.1 Å². The summed E-state index contributed by atoms with van der Waals surface area (Å²) in [6, 6.07) is 6.81. The lowest BCUT2D eigenvalue weighted by molar-refractivity contribution is 0.114. The molecule has 0 aliphatic carbocycles. The Labute approximate surface area is 119 Å². The minimum atomic E-state index is -3.44. The predicted octanol–water partition coefficient (Wildman–Crippen LogP) is 1.93. The zero-order valence-corrected chi connectivity index (χ0v) is 12.2. The molecule has 1 fully saturated rings.